The summed E-state index contributed by atoms with van der Waals surface area (Å²) in [6, 6.07) is 10.4. The molecule has 3 heterocycles. The van der Waals surface area contributed by atoms with E-state index in [4.69, 9.17) is 9.57 Å². The first kappa shape index (κ1) is 13.1. The lowest BCUT2D eigenvalue weighted by molar-refractivity contribution is -0.223. The van der Waals surface area contributed by atoms with Crippen molar-refractivity contribution in [3.8, 4) is 0 Å². The second-order valence-electron chi connectivity index (χ2n) is 6.44. The van der Waals surface area contributed by atoms with Crippen LogP contribution in [0.3, 0.4) is 0 Å². The molecule has 3 fully saturated rings. The molecular formula is C16H20N2O3. The van der Waals surface area contributed by atoms with Crippen molar-refractivity contribution in [3.05, 3.63) is 35.9 Å². The third-order valence-electron chi connectivity index (χ3n) is 5.02. The van der Waals surface area contributed by atoms with Crippen molar-refractivity contribution in [1.29, 1.82) is 0 Å². The summed E-state index contributed by atoms with van der Waals surface area (Å²) >= 11 is 0. The summed E-state index contributed by atoms with van der Waals surface area (Å²) in [5, 5.41) is 1.61. The van der Waals surface area contributed by atoms with E-state index in [-0.39, 0.29) is 23.5 Å². The van der Waals surface area contributed by atoms with Gasteiger partial charge in [-0.1, -0.05) is 30.3 Å². The molecule has 5 nitrogen and oxygen atoms in total. The Morgan fingerprint density at radius 1 is 1.33 bits per heavy atom. The van der Waals surface area contributed by atoms with E-state index in [9.17, 15) is 4.79 Å². The van der Waals surface area contributed by atoms with Crippen molar-refractivity contribution < 1.29 is 14.4 Å². The Morgan fingerprint density at radius 2 is 2.10 bits per heavy atom. The van der Waals surface area contributed by atoms with Crippen LogP contribution in [0.15, 0.2) is 30.3 Å². The number of nitrogens with zero attached hydrogens (tertiary/aromatic N) is 2. The highest BCUT2D eigenvalue weighted by atomic mass is 16.7. The van der Waals surface area contributed by atoms with Gasteiger partial charge >= 0.3 is 6.03 Å². The Hall–Kier alpha value is -1.59. The molecule has 2 bridgehead atoms. The van der Waals surface area contributed by atoms with Crippen LogP contribution < -0.4 is 0 Å². The first-order valence-electron chi connectivity index (χ1n) is 7.54. The average Bonchev–Trinajstić information content (AvgIpc) is 2.75. The zero-order valence-electron chi connectivity index (χ0n) is 12.2. The molecule has 4 rings (SSSR count). The maximum absolute atomic E-state index is 12.5. The summed E-state index contributed by atoms with van der Waals surface area (Å²) in [6.45, 7) is 4.80. The van der Waals surface area contributed by atoms with Gasteiger partial charge in [-0.2, -0.15) is 5.06 Å². The number of ether oxygens (including phenoxy) is 1. The van der Waals surface area contributed by atoms with E-state index in [0.717, 1.165) is 31.7 Å². The summed E-state index contributed by atoms with van der Waals surface area (Å²) in [5.74, 6) is 0. The number of carbonyl (C=O) groups is 1. The van der Waals surface area contributed by atoms with E-state index in [1.807, 2.05) is 35.2 Å². The Morgan fingerprint density at radius 3 is 2.76 bits per heavy atom. The Labute approximate surface area is 124 Å². The highest BCUT2D eigenvalue weighted by molar-refractivity contribution is 5.77. The molecule has 21 heavy (non-hydrogen) atoms. The van der Waals surface area contributed by atoms with E-state index < -0.39 is 0 Å². The summed E-state index contributed by atoms with van der Waals surface area (Å²) in [6.07, 6.45) is 1.01. The molecule has 5 heteroatoms. The molecule has 1 aromatic rings. The van der Waals surface area contributed by atoms with Crippen LogP contribution >= 0.6 is 0 Å². The standard InChI is InChI=1S/C16H20N2O3/c1-12-7-16(10-20-11-16)14-8-17(12)15(19)18(14)21-9-13-5-3-2-4-6-13/h2-6,12,14H,7-11H2,1H3. The topological polar surface area (TPSA) is 42.0 Å². The molecule has 2 unspecified atom stereocenters. The lowest BCUT2D eigenvalue weighted by Gasteiger charge is -2.50. The van der Waals surface area contributed by atoms with Gasteiger partial charge in [0, 0.05) is 18.0 Å². The van der Waals surface area contributed by atoms with Gasteiger partial charge in [-0.15, -0.1) is 0 Å². The van der Waals surface area contributed by atoms with Gasteiger partial charge in [0.15, 0.2) is 0 Å². The number of hydrogen-bond donors (Lipinski definition) is 0. The number of fused-ring (bicyclic) bond motifs is 3. The van der Waals surface area contributed by atoms with Crippen LogP contribution in [0.25, 0.3) is 0 Å². The number of urea groups is 1. The van der Waals surface area contributed by atoms with Crippen LogP contribution in [0.4, 0.5) is 4.79 Å². The van der Waals surface area contributed by atoms with Gasteiger partial charge in [-0.3, -0.25) is 4.84 Å². The molecule has 2 amide bonds. The van der Waals surface area contributed by atoms with Gasteiger partial charge in [0.2, 0.25) is 0 Å². The third-order valence-corrected chi connectivity index (χ3v) is 5.02. The molecule has 0 aromatic heterocycles. The quantitative estimate of drug-likeness (QED) is 0.854. The molecule has 3 saturated heterocycles. The van der Waals surface area contributed by atoms with Crippen LogP contribution in [-0.2, 0) is 16.2 Å². The van der Waals surface area contributed by atoms with E-state index in [0.29, 0.717) is 6.61 Å². The lowest BCUT2D eigenvalue weighted by Crippen LogP contribution is -2.60. The highest BCUT2D eigenvalue weighted by Crippen LogP contribution is 2.47. The molecular weight excluding hydrogens is 268 g/mol. The molecule has 3 aliphatic heterocycles. The molecule has 1 spiro atoms. The second-order valence-corrected chi connectivity index (χ2v) is 6.44. The fraction of sp³-hybridized carbons (Fsp3) is 0.562. The van der Waals surface area contributed by atoms with E-state index >= 15 is 0 Å². The van der Waals surface area contributed by atoms with Crippen molar-refractivity contribution in [1.82, 2.24) is 9.96 Å². The number of carbonyl (C=O) groups excluding carboxylic acids is 1. The van der Waals surface area contributed by atoms with Crippen LogP contribution in [0.2, 0.25) is 0 Å². The monoisotopic (exact) mass is 288 g/mol. The smallest absolute Gasteiger partial charge is 0.344 e. The number of hydroxylamine groups is 2. The molecule has 1 aromatic carbocycles. The van der Waals surface area contributed by atoms with Gasteiger partial charge in [-0.25, -0.2) is 4.79 Å². The van der Waals surface area contributed by atoms with Crippen LogP contribution in [0.5, 0.6) is 0 Å². The minimum absolute atomic E-state index is 0.00667. The molecule has 3 aliphatic rings. The van der Waals surface area contributed by atoms with Crippen molar-refractivity contribution in [2.45, 2.75) is 32.0 Å². The maximum atomic E-state index is 12.5. The number of benzene rings is 1. The zero-order chi connectivity index (χ0) is 14.4. The van der Waals surface area contributed by atoms with Crippen molar-refractivity contribution in [2.75, 3.05) is 19.8 Å². The van der Waals surface area contributed by atoms with Crippen molar-refractivity contribution in [2.24, 2.45) is 5.41 Å². The van der Waals surface area contributed by atoms with Crippen LogP contribution in [-0.4, -0.2) is 47.8 Å². The van der Waals surface area contributed by atoms with E-state index in [1.165, 1.54) is 0 Å². The minimum Gasteiger partial charge on any atom is -0.380 e. The number of hydrogen-bond acceptors (Lipinski definition) is 3. The molecule has 0 saturated carbocycles. The van der Waals surface area contributed by atoms with Gasteiger partial charge in [-0.05, 0) is 18.9 Å². The molecule has 2 atom stereocenters. The summed E-state index contributed by atoms with van der Waals surface area (Å²) < 4.78 is 5.45. The van der Waals surface area contributed by atoms with Crippen molar-refractivity contribution in [3.63, 3.8) is 0 Å². The molecule has 0 aliphatic carbocycles. The number of rotatable bonds is 3. The number of piperidine rings is 1. The van der Waals surface area contributed by atoms with E-state index in [1.54, 1.807) is 5.06 Å². The fourth-order valence-electron chi connectivity index (χ4n) is 3.78. The summed E-state index contributed by atoms with van der Waals surface area (Å²) in [5.41, 5.74) is 1.17. The predicted molar refractivity (Wildman–Crippen MR) is 76.3 cm³/mol. The SMILES string of the molecule is CC1CC2(COC2)C2CN1C(=O)N2OCc1ccccc1. The predicted octanol–water partition coefficient (Wildman–Crippen LogP) is 2.03. The third kappa shape index (κ3) is 1.95. The summed E-state index contributed by atoms with van der Waals surface area (Å²) in [4.78, 5) is 20.3. The highest BCUT2D eigenvalue weighted by Gasteiger charge is 2.60. The minimum atomic E-state index is 0.00667. The molecule has 0 radical (unpaired) electrons. The average molecular weight is 288 g/mol. The Balaban J connectivity index is 1.53. The van der Waals surface area contributed by atoms with Crippen LogP contribution in [0, 0.1) is 5.41 Å². The van der Waals surface area contributed by atoms with E-state index in [2.05, 4.69) is 6.92 Å². The molecule has 0 N–H and O–H groups in total. The Bertz CT molecular complexity index is 544. The first-order valence-corrected chi connectivity index (χ1v) is 7.54. The van der Waals surface area contributed by atoms with Gasteiger partial charge in [0.1, 0.15) is 6.61 Å². The second kappa shape index (κ2) is 4.71. The molecule has 112 valence electrons. The van der Waals surface area contributed by atoms with Gasteiger partial charge in [0.25, 0.3) is 0 Å². The normalized spacial score (nSPS) is 29.9. The van der Waals surface area contributed by atoms with Gasteiger partial charge in [0.05, 0.1) is 19.3 Å². The van der Waals surface area contributed by atoms with Crippen molar-refractivity contribution >= 4 is 6.03 Å². The zero-order valence-corrected chi connectivity index (χ0v) is 12.2. The van der Waals surface area contributed by atoms with Crippen LogP contribution in [0.1, 0.15) is 18.9 Å². The van der Waals surface area contributed by atoms with Gasteiger partial charge < -0.3 is 9.64 Å². The lowest BCUT2D eigenvalue weighted by atomic mass is 9.71. The largest absolute Gasteiger partial charge is 0.380 e. The Kier molecular flexibility index (Phi) is 2.94. The maximum Gasteiger partial charge on any atom is 0.344 e. The first-order chi connectivity index (χ1) is 10.2. The number of amides is 2. The fourth-order valence-corrected chi connectivity index (χ4v) is 3.78. The summed E-state index contributed by atoms with van der Waals surface area (Å²) in [7, 11) is 0.